The summed E-state index contributed by atoms with van der Waals surface area (Å²) in [7, 11) is 0. The van der Waals surface area contributed by atoms with Crippen LogP contribution in [0.1, 0.15) is 79.3 Å². The van der Waals surface area contributed by atoms with Gasteiger partial charge in [-0.05, 0) is 17.0 Å². The van der Waals surface area contributed by atoms with E-state index in [4.69, 9.17) is 13.5 Å². The van der Waals surface area contributed by atoms with Gasteiger partial charge in [-0.3, -0.25) is 0 Å². The maximum atomic E-state index is 4.95. The average molecular weight is 375 g/mol. The molecular weight excluding hydrogens is 340 g/mol. The van der Waals surface area contributed by atoms with E-state index in [1.54, 1.807) is 25.0 Å². The Morgan fingerprint density at radius 1 is 0.741 bits per heavy atom. The highest BCUT2D eigenvalue weighted by atomic mass is 16.5. The van der Waals surface area contributed by atoms with E-state index in [2.05, 4.69) is 72.6 Å². The summed E-state index contributed by atoms with van der Waals surface area (Å²) in [5, 5.41) is 7.43. The summed E-state index contributed by atoms with van der Waals surface area (Å²) in [6, 6.07) is 5.78. The van der Waals surface area contributed by atoms with Gasteiger partial charge in [0.15, 0.2) is 0 Å². The first-order valence-electron chi connectivity index (χ1n) is 9.16. The van der Waals surface area contributed by atoms with Gasteiger partial charge in [-0.15, -0.1) is 0 Å². The van der Waals surface area contributed by atoms with E-state index in [1.807, 2.05) is 18.2 Å². The van der Waals surface area contributed by atoms with Gasteiger partial charge in [0.05, 0.1) is 24.4 Å². The molecule has 0 aromatic carbocycles. The van der Waals surface area contributed by atoms with Gasteiger partial charge in [0.25, 0.3) is 0 Å². The van der Waals surface area contributed by atoms with Crippen LogP contribution in [0.2, 0.25) is 0 Å². The minimum atomic E-state index is 0.0938. The van der Waals surface area contributed by atoms with Crippen molar-refractivity contribution in [1.82, 2.24) is 10.3 Å². The van der Waals surface area contributed by atoms with Crippen molar-refractivity contribution in [2.75, 3.05) is 0 Å². The molecule has 0 aliphatic carbocycles. The van der Waals surface area contributed by atoms with Crippen molar-refractivity contribution in [1.29, 1.82) is 0 Å². The second-order valence-corrected chi connectivity index (χ2v) is 9.52. The lowest BCUT2D eigenvalue weighted by Crippen LogP contribution is -2.10. The SMILES string of the molecule is CC(C)(C)c1ccno1.CC(C)(C)c1ccoc1.CC(C)(C)c1ccon1. The summed E-state index contributed by atoms with van der Waals surface area (Å²) < 4.78 is 14.6. The minimum absolute atomic E-state index is 0.0938. The van der Waals surface area contributed by atoms with Gasteiger partial charge in [0, 0.05) is 23.0 Å². The summed E-state index contributed by atoms with van der Waals surface area (Å²) in [6.07, 6.45) is 6.77. The summed E-state index contributed by atoms with van der Waals surface area (Å²) >= 11 is 0. The summed E-state index contributed by atoms with van der Waals surface area (Å²) in [5.74, 6) is 0.933. The molecule has 150 valence electrons. The number of nitrogens with zero attached hydrogens (tertiary/aromatic N) is 2. The van der Waals surface area contributed by atoms with Crippen LogP contribution >= 0.6 is 0 Å². The zero-order valence-electron chi connectivity index (χ0n) is 18.2. The highest BCUT2D eigenvalue weighted by Gasteiger charge is 2.17. The van der Waals surface area contributed by atoms with Gasteiger partial charge in [0.1, 0.15) is 12.0 Å². The summed E-state index contributed by atoms with van der Waals surface area (Å²) in [4.78, 5) is 0. The molecule has 3 rings (SSSR count). The van der Waals surface area contributed by atoms with E-state index in [1.165, 1.54) is 5.56 Å². The lowest BCUT2D eigenvalue weighted by Gasteiger charge is -2.14. The Labute approximate surface area is 163 Å². The maximum Gasteiger partial charge on any atom is 0.142 e. The van der Waals surface area contributed by atoms with Gasteiger partial charge in [0.2, 0.25) is 0 Å². The molecular formula is C22H34N2O3. The van der Waals surface area contributed by atoms with Crippen molar-refractivity contribution < 1.29 is 13.5 Å². The van der Waals surface area contributed by atoms with Crippen molar-refractivity contribution in [3.8, 4) is 0 Å². The third kappa shape index (κ3) is 8.29. The van der Waals surface area contributed by atoms with E-state index in [9.17, 15) is 0 Å². The van der Waals surface area contributed by atoms with E-state index < -0.39 is 0 Å². The highest BCUT2D eigenvalue weighted by molar-refractivity contribution is 5.15. The molecule has 27 heavy (non-hydrogen) atoms. The van der Waals surface area contributed by atoms with Crippen LogP contribution in [0.3, 0.4) is 0 Å². The summed E-state index contributed by atoms with van der Waals surface area (Å²) in [6.45, 7) is 19.1. The molecule has 3 heterocycles. The molecule has 0 saturated heterocycles. The molecule has 5 nitrogen and oxygen atoms in total. The molecule has 0 saturated carbocycles. The average Bonchev–Trinajstić information content (AvgIpc) is 3.28. The molecule has 0 N–H and O–H groups in total. The molecule has 3 aromatic rings. The Morgan fingerprint density at radius 3 is 1.63 bits per heavy atom. The van der Waals surface area contributed by atoms with Crippen LogP contribution in [0, 0.1) is 0 Å². The predicted octanol–water partition coefficient (Wildman–Crippen LogP) is 6.52. The maximum absolute atomic E-state index is 4.95. The quantitative estimate of drug-likeness (QED) is 0.448. The topological polar surface area (TPSA) is 65.2 Å². The smallest absolute Gasteiger partial charge is 0.142 e. The van der Waals surface area contributed by atoms with Crippen molar-refractivity contribution in [2.45, 2.75) is 78.6 Å². The Balaban J connectivity index is 0.000000202. The monoisotopic (exact) mass is 374 g/mol. The number of furan rings is 1. The Morgan fingerprint density at radius 2 is 1.41 bits per heavy atom. The zero-order chi connectivity index (χ0) is 20.7. The first kappa shape index (κ1) is 22.7. The van der Waals surface area contributed by atoms with Crippen LogP contribution in [-0.4, -0.2) is 10.3 Å². The molecule has 0 fully saturated rings. The Bertz CT molecular complexity index is 616. The fourth-order valence-electron chi connectivity index (χ4n) is 1.89. The van der Waals surface area contributed by atoms with E-state index in [0.717, 1.165) is 11.5 Å². The van der Waals surface area contributed by atoms with Crippen molar-refractivity contribution in [3.63, 3.8) is 0 Å². The molecule has 0 amide bonds. The Kier molecular flexibility index (Phi) is 7.64. The number of hydrogen-bond donors (Lipinski definition) is 0. The fraction of sp³-hybridized carbons (Fsp3) is 0.545. The van der Waals surface area contributed by atoms with Gasteiger partial charge in [-0.2, -0.15) is 0 Å². The van der Waals surface area contributed by atoms with E-state index >= 15 is 0 Å². The van der Waals surface area contributed by atoms with Crippen LogP contribution in [0.25, 0.3) is 0 Å². The molecule has 0 radical (unpaired) electrons. The normalized spacial score (nSPS) is 11.9. The molecule has 0 aliphatic rings. The number of rotatable bonds is 0. The largest absolute Gasteiger partial charge is 0.472 e. The van der Waals surface area contributed by atoms with Gasteiger partial charge in [-0.1, -0.05) is 72.6 Å². The molecule has 0 aliphatic heterocycles. The third-order valence-electron chi connectivity index (χ3n) is 3.77. The standard InChI is InChI=1S/C8H12O.2C7H11NO/c1-8(2,3)7-4-5-9-6-7;1-7(2,3)6-4-5-9-8-6;1-7(2,3)6-4-5-8-9-6/h4-6H,1-3H3;2*4-5H,1-3H3. The van der Waals surface area contributed by atoms with Crippen LogP contribution in [0.4, 0.5) is 0 Å². The van der Waals surface area contributed by atoms with Gasteiger partial charge in [-0.25, -0.2) is 0 Å². The molecule has 0 spiro atoms. The third-order valence-corrected chi connectivity index (χ3v) is 3.77. The van der Waals surface area contributed by atoms with Crippen molar-refractivity contribution in [3.05, 3.63) is 60.2 Å². The lowest BCUT2D eigenvalue weighted by molar-refractivity contribution is 0.329. The molecule has 0 atom stereocenters. The highest BCUT2D eigenvalue weighted by Crippen LogP contribution is 2.22. The number of aromatic nitrogens is 2. The zero-order valence-corrected chi connectivity index (χ0v) is 18.2. The van der Waals surface area contributed by atoms with Crippen LogP contribution in [-0.2, 0) is 16.2 Å². The number of hydrogen-bond acceptors (Lipinski definition) is 5. The van der Waals surface area contributed by atoms with Crippen LogP contribution < -0.4 is 0 Å². The second-order valence-electron chi connectivity index (χ2n) is 9.52. The molecule has 5 heteroatoms. The van der Waals surface area contributed by atoms with Crippen LogP contribution in [0.5, 0.6) is 0 Å². The van der Waals surface area contributed by atoms with E-state index in [0.29, 0.717) is 0 Å². The predicted molar refractivity (Wildman–Crippen MR) is 108 cm³/mol. The first-order valence-corrected chi connectivity index (χ1v) is 9.16. The van der Waals surface area contributed by atoms with Crippen LogP contribution in [0.15, 0.2) is 56.6 Å². The van der Waals surface area contributed by atoms with Crippen molar-refractivity contribution >= 4 is 0 Å². The van der Waals surface area contributed by atoms with Gasteiger partial charge >= 0.3 is 0 Å². The minimum Gasteiger partial charge on any atom is -0.472 e. The van der Waals surface area contributed by atoms with Crippen molar-refractivity contribution in [2.24, 2.45) is 0 Å². The molecule has 0 bridgehead atoms. The van der Waals surface area contributed by atoms with E-state index in [-0.39, 0.29) is 16.2 Å². The lowest BCUT2D eigenvalue weighted by atomic mass is 9.89. The fourth-order valence-corrected chi connectivity index (χ4v) is 1.89. The second kappa shape index (κ2) is 9.07. The molecule has 0 unspecified atom stereocenters. The van der Waals surface area contributed by atoms with Gasteiger partial charge < -0.3 is 13.5 Å². The summed E-state index contributed by atoms with van der Waals surface area (Å²) in [5.41, 5.74) is 2.70. The Hall–Kier alpha value is -2.30. The first-order chi connectivity index (χ1) is 12.3. The molecule has 3 aromatic heterocycles.